The highest BCUT2D eigenvalue weighted by molar-refractivity contribution is 7.16. The van der Waals surface area contributed by atoms with Crippen LogP contribution in [0.5, 0.6) is 23.0 Å². The first-order valence-electron chi connectivity index (χ1n) is 10.9. The number of carbonyl (C=O) groups is 1. The first-order valence-corrected chi connectivity index (χ1v) is 11.7. The zero-order valence-corrected chi connectivity index (χ0v) is 20.2. The summed E-state index contributed by atoms with van der Waals surface area (Å²) in [6.45, 7) is 9.67. The quantitative estimate of drug-likeness (QED) is 0.404. The SMILES string of the molecule is C#CCn1c(=NC(=O)c2cc(OCC)c(OCC)c(OCC)c2)sc2cc(OCC)ccc21. The first-order chi connectivity index (χ1) is 16.1. The highest BCUT2D eigenvalue weighted by atomic mass is 32.1. The smallest absolute Gasteiger partial charge is 0.279 e. The third kappa shape index (κ3) is 5.49. The minimum absolute atomic E-state index is 0.289. The van der Waals surface area contributed by atoms with Crippen LogP contribution in [0.2, 0.25) is 0 Å². The van der Waals surface area contributed by atoms with E-state index in [0.29, 0.717) is 54.0 Å². The molecule has 174 valence electrons. The number of fused-ring (bicyclic) bond motifs is 1. The van der Waals surface area contributed by atoms with E-state index in [4.69, 9.17) is 25.4 Å². The van der Waals surface area contributed by atoms with Crippen molar-refractivity contribution in [3.8, 4) is 35.3 Å². The predicted molar refractivity (Wildman–Crippen MR) is 130 cm³/mol. The van der Waals surface area contributed by atoms with Gasteiger partial charge < -0.3 is 23.5 Å². The summed E-state index contributed by atoms with van der Waals surface area (Å²) >= 11 is 1.38. The van der Waals surface area contributed by atoms with Crippen molar-refractivity contribution in [2.75, 3.05) is 26.4 Å². The molecule has 0 aliphatic carbocycles. The molecule has 0 saturated carbocycles. The summed E-state index contributed by atoms with van der Waals surface area (Å²) in [6, 6.07) is 9.00. The van der Waals surface area contributed by atoms with Crippen molar-refractivity contribution in [1.82, 2.24) is 4.57 Å². The minimum Gasteiger partial charge on any atom is -0.494 e. The monoisotopic (exact) mass is 468 g/mol. The largest absolute Gasteiger partial charge is 0.494 e. The maximum absolute atomic E-state index is 13.2. The number of nitrogens with zero attached hydrogens (tertiary/aromatic N) is 2. The summed E-state index contributed by atoms with van der Waals surface area (Å²) < 4.78 is 25.5. The lowest BCUT2D eigenvalue weighted by molar-refractivity contribution is 0.0996. The van der Waals surface area contributed by atoms with Crippen molar-refractivity contribution in [2.45, 2.75) is 34.2 Å². The molecular formula is C25H28N2O5S. The number of thiazole rings is 1. The molecule has 0 fully saturated rings. The highest BCUT2D eigenvalue weighted by Gasteiger charge is 2.19. The van der Waals surface area contributed by atoms with Crippen molar-refractivity contribution in [2.24, 2.45) is 4.99 Å². The zero-order chi connectivity index (χ0) is 23.8. The second kappa shape index (κ2) is 11.4. The van der Waals surface area contributed by atoms with Crippen LogP contribution in [-0.4, -0.2) is 36.9 Å². The van der Waals surface area contributed by atoms with Crippen LogP contribution < -0.4 is 23.7 Å². The molecule has 0 atom stereocenters. The Morgan fingerprint density at radius 3 is 2.18 bits per heavy atom. The van der Waals surface area contributed by atoms with Gasteiger partial charge in [-0.15, -0.1) is 6.42 Å². The Labute approximate surface area is 197 Å². The topological polar surface area (TPSA) is 71.3 Å². The standard InChI is InChI=1S/C25H28N2O5S/c1-6-13-27-19-12-11-18(29-7-2)16-22(19)33-25(27)26-24(28)17-14-20(30-8-3)23(32-10-5)21(15-17)31-9-4/h1,11-12,14-16H,7-10,13H2,2-5H3. The van der Waals surface area contributed by atoms with E-state index in [1.807, 2.05) is 50.5 Å². The van der Waals surface area contributed by atoms with Gasteiger partial charge in [0, 0.05) is 5.56 Å². The van der Waals surface area contributed by atoms with Gasteiger partial charge in [-0.05, 0) is 58.0 Å². The van der Waals surface area contributed by atoms with Crippen molar-refractivity contribution >= 4 is 27.5 Å². The fourth-order valence-electron chi connectivity index (χ4n) is 3.30. The average Bonchev–Trinajstić information content (AvgIpc) is 3.12. The Kier molecular flexibility index (Phi) is 8.39. The van der Waals surface area contributed by atoms with Gasteiger partial charge >= 0.3 is 0 Å². The van der Waals surface area contributed by atoms with E-state index >= 15 is 0 Å². The van der Waals surface area contributed by atoms with Gasteiger partial charge in [-0.3, -0.25) is 4.79 Å². The van der Waals surface area contributed by atoms with Gasteiger partial charge in [0.1, 0.15) is 5.75 Å². The van der Waals surface area contributed by atoms with Crippen LogP contribution in [0.4, 0.5) is 0 Å². The molecule has 0 aliphatic rings. The van der Waals surface area contributed by atoms with E-state index in [-0.39, 0.29) is 6.54 Å². The molecule has 0 N–H and O–H groups in total. The molecule has 0 bridgehead atoms. The Balaban J connectivity index is 2.12. The van der Waals surface area contributed by atoms with E-state index in [0.717, 1.165) is 16.0 Å². The second-order valence-electron chi connectivity index (χ2n) is 6.76. The molecule has 0 spiro atoms. The van der Waals surface area contributed by atoms with E-state index in [2.05, 4.69) is 10.9 Å². The van der Waals surface area contributed by atoms with E-state index in [1.165, 1.54) is 11.3 Å². The van der Waals surface area contributed by atoms with E-state index < -0.39 is 5.91 Å². The summed E-state index contributed by atoms with van der Waals surface area (Å²) in [5.41, 5.74) is 1.23. The lowest BCUT2D eigenvalue weighted by atomic mass is 10.1. The number of ether oxygens (including phenoxy) is 4. The summed E-state index contributed by atoms with van der Waals surface area (Å²) in [5.74, 6) is 4.33. The molecule has 0 unspecified atom stereocenters. The predicted octanol–water partition coefficient (Wildman–Crippen LogP) is 4.67. The van der Waals surface area contributed by atoms with Crippen LogP contribution in [0, 0.1) is 12.3 Å². The van der Waals surface area contributed by atoms with Crippen molar-refractivity contribution in [3.63, 3.8) is 0 Å². The fraction of sp³-hybridized carbons (Fsp3) is 0.360. The van der Waals surface area contributed by atoms with Gasteiger partial charge in [0.15, 0.2) is 16.3 Å². The van der Waals surface area contributed by atoms with Gasteiger partial charge in [0.05, 0.1) is 43.2 Å². The van der Waals surface area contributed by atoms with Crippen LogP contribution >= 0.6 is 11.3 Å². The molecule has 1 amide bonds. The number of rotatable bonds is 10. The van der Waals surface area contributed by atoms with Crippen LogP contribution in [0.15, 0.2) is 35.3 Å². The van der Waals surface area contributed by atoms with E-state index in [1.54, 1.807) is 12.1 Å². The number of aromatic nitrogens is 1. The summed E-state index contributed by atoms with van der Waals surface area (Å²) in [4.78, 5) is 18.1. The van der Waals surface area contributed by atoms with Crippen molar-refractivity contribution in [1.29, 1.82) is 0 Å². The first kappa shape index (κ1) is 24.2. The normalized spacial score (nSPS) is 11.3. The number of terminal acetylenes is 1. The second-order valence-corrected chi connectivity index (χ2v) is 7.76. The lowest BCUT2D eigenvalue weighted by Gasteiger charge is -2.16. The molecule has 1 aromatic heterocycles. The van der Waals surface area contributed by atoms with Gasteiger partial charge in [-0.1, -0.05) is 17.3 Å². The Hall–Kier alpha value is -3.44. The number of carbonyl (C=O) groups excluding carboxylic acids is 1. The lowest BCUT2D eigenvalue weighted by Crippen LogP contribution is -2.16. The number of hydrogen-bond donors (Lipinski definition) is 0. The third-order valence-electron chi connectivity index (χ3n) is 4.57. The Morgan fingerprint density at radius 1 is 0.970 bits per heavy atom. The van der Waals surface area contributed by atoms with Crippen molar-refractivity contribution in [3.05, 3.63) is 40.7 Å². The van der Waals surface area contributed by atoms with Gasteiger partial charge in [0.2, 0.25) is 5.75 Å². The van der Waals surface area contributed by atoms with E-state index in [9.17, 15) is 4.79 Å². The molecule has 0 saturated heterocycles. The summed E-state index contributed by atoms with van der Waals surface area (Å²) in [6.07, 6.45) is 5.59. The van der Waals surface area contributed by atoms with Crippen LogP contribution in [0.3, 0.4) is 0 Å². The molecule has 1 heterocycles. The number of benzene rings is 2. The number of hydrogen-bond acceptors (Lipinski definition) is 6. The summed E-state index contributed by atoms with van der Waals surface area (Å²) in [7, 11) is 0. The minimum atomic E-state index is -0.428. The molecule has 7 nitrogen and oxygen atoms in total. The molecule has 8 heteroatoms. The van der Waals surface area contributed by atoms with Crippen LogP contribution in [0.1, 0.15) is 38.1 Å². The number of amides is 1. The molecule has 33 heavy (non-hydrogen) atoms. The summed E-state index contributed by atoms with van der Waals surface area (Å²) in [5, 5.41) is 0. The van der Waals surface area contributed by atoms with Gasteiger partial charge in [0.25, 0.3) is 5.91 Å². The molecule has 3 aromatic rings. The van der Waals surface area contributed by atoms with Crippen molar-refractivity contribution < 1.29 is 23.7 Å². The molecular weight excluding hydrogens is 440 g/mol. The fourth-order valence-corrected chi connectivity index (χ4v) is 4.36. The molecule has 0 radical (unpaired) electrons. The average molecular weight is 469 g/mol. The molecule has 2 aromatic carbocycles. The Bertz CT molecular complexity index is 1210. The Morgan fingerprint density at radius 2 is 1.61 bits per heavy atom. The third-order valence-corrected chi connectivity index (χ3v) is 5.61. The highest BCUT2D eigenvalue weighted by Crippen LogP contribution is 2.39. The molecule has 3 rings (SSSR count). The van der Waals surface area contributed by atoms with Crippen LogP contribution in [-0.2, 0) is 6.54 Å². The maximum atomic E-state index is 13.2. The van der Waals surface area contributed by atoms with Gasteiger partial charge in [-0.25, -0.2) is 0 Å². The van der Waals surface area contributed by atoms with Gasteiger partial charge in [-0.2, -0.15) is 4.99 Å². The zero-order valence-electron chi connectivity index (χ0n) is 19.3. The van der Waals surface area contributed by atoms with Crippen LogP contribution in [0.25, 0.3) is 10.2 Å². The maximum Gasteiger partial charge on any atom is 0.279 e. The molecule has 0 aliphatic heterocycles.